The van der Waals surface area contributed by atoms with Crippen LogP contribution in [0.4, 0.5) is 28.9 Å². The van der Waals surface area contributed by atoms with Crippen LogP contribution in [0.1, 0.15) is 13.8 Å². The van der Waals surface area contributed by atoms with Crippen LogP contribution in [0, 0.1) is 0 Å². The minimum absolute atomic E-state index is 0.260. The number of anilines is 2. The fourth-order valence-electron chi connectivity index (χ4n) is 4.01. The Morgan fingerprint density at radius 1 is 0.906 bits per heavy atom. The number of halogens is 4. The Bertz CT molecular complexity index is 1100. The lowest BCUT2D eigenvalue weighted by Crippen LogP contribution is -2.44. The molecule has 0 saturated heterocycles. The smallest absolute Gasteiger partial charge is 0.380 e. The van der Waals surface area contributed by atoms with Gasteiger partial charge in [-0.15, -0.1) is 0 Å². The van der Waals surface area contributed by atoms with Crippen LogP contribution >= 0.6 is 0 Å². The number of carbonyl (C=O) groups is 1. The summed E-state index contributed by atoms with van der Waals surface area (Å²) in [7, 11) is 0. The summed E-state index contributed by atoms with van der Waals surface area (Å²) in [5, 5.41) is 9.87. The minimum Gasteiger partial charge on any atom is -0.505 e. The number of Topliss-reactive ketones (excluding diaryl/α,β-unsaturated/α-hetero) is 1. The highest BCUT2D eigenvalue weighted by Gasteiger charge is 2.72. The number of carbonyl (C=O) groups excluding carboxylic acids is 1. The second kappa shape index (κ2) is 7.55. The molecule has 0 radical (unpaired) electrons. The molecule has 8 heteroatoms. The summed E-state index contributed by atoms with van der Waals surface area (Å²) >= 11 is 0. The number of allylic oxidation sites excluding steroid dienone is 4. The predicted octanol–water partition coefficient (Wildman–Crippen LogP) is 5.94. The molecule has 166 valence electrons. The summed E-state index contributed by atoms with van der Waals surface area (Å²) in [6, 6.07) is 18.0. The summed E-state index contributed by atoms with van der Waals surface area (Å²) in [5.74, 6) is -14.0. The second-order valence-corrected chi connectivity index (χ2v) is 7.67. The normalized spacial score (nSPS) is 22.0. The van der Waals surface area contributed by atoms with Crippen LogP contribution in [-0.2, 0) is 4.79 Å². The molecule has 0 aromatic heterocycles. The molecule has 4 rings (SSSR count). The number of ketones is 1. The number of benzene rings is 2. The van der Waals surface area contributed by atoms with Crippen molar-refractivity contribution in [2.45, 2.75) is 31.7 Å². The molecule has 2 aliphatic rings. The van der Waals surface area contributed by atoms with E-state index < -0.39 is 35.1 Å². The van der Waals surface area contributed by atoms with Crippen molar-refractivity contribution < 1.29 is 27.5 Å². The third kappa shape index (κ3) is 3.18. The average Bonchev–Trinajstić information content (AvgIpc) is 2.87. The van der Waals surface area contributed by atoms with Gasteiger partial charge in [0.15, 0.2) is 5.76 Å². The minimum atomic E-state index is -5.00. The quantitative estimate of drug-likeness (QED) is 0.593. The molecule has 1 N–H and O–H groups in total. The molecule has 4 nitrogen and oxygen atoms in total. The van der Waals surface area contributed by atoms with Gasteiger partial charge in [0, 0.05) is 22.8 Å². The average molecular weight is 444 g/mol. The second-order valence-electron chi connectivity index (χ2n) is 7.67. The summed E-state index contributed by atoms with van der Waals surface area (Å²) in [6.07, 6.45) is 3.26. The molecular weight excluding hydrogens is 424 g/mol. The third-order valence-electron chi connectivity index (χ3n) is 5.50. The number of alkyl halides is 4. The highest BCUT2D eigenvalue weighted by atomic mass is 19.3. The van der Waals surface area contributed by atoms with Crippen LogP contribution in [0.5, 0.6) is 0 Å². The topological polar surface area (TPSA) is 43.8 Å². The van der Waals surface area contributed by atoms with E-state index in [0.29, 0.717) is 5.70 Å². The molecule has 0 saturated carbocycles. The Morgan fingerprint density at radius 3 is 1.81 bits per heavy atom. The van der Waals surface area contributed by atoms with Crippen LogP contribution < -0.4 is 4.90 Å². The fourth-order valence-corrected chi connectivity index (χ4v) is 4.01. The van der Waals surface area contributed by atoms with Gasteiger partial charge in [0.2, 0.25) is 0 Å². The Kier molecular flexibility index (Phi) is 5.11. The van der Waals surface area contributed by atoms with E-state index in [1.165, 1.54) is 6.92 Å². The Balaban J connectivity index is 1.78. The third-order valence-corrected chi connectivity index (χ3v) is 5.50. The molecule has 1 heterocycles. The van der Waals surface area contributed by atoms with Crippen molar-refractivity contribution in [3.8, 4) is 0 Å². The fraction of sp³-hybridized carbons (Fsp3) is 0.208. The van der Waals surface area contributed by atoms with Gasteiger partial charge < -0.3 is 14.9 Å². The van der Waals surface area contributed by atoms with Crippen LogP contribution in [0.25, 0.3) is 0 Å². The van der Waals surface area contributed by atoms with Crippen molar-refractivity contribution >= 4 is 17.2 Å². The molecule has 0 amide bonds. The summed E-state index contributed by atoms with van der Waals surface area (Å²) in [6.45, 7) is 3.09. The molecule has 0 bridgehead atoms. The van der Waals surface area contributed by atoms with Gasteiger partial charge in [-0.1, -0.05) is 36.4 Å². The van der Waals surface area contributed by atoms with Crippen LogP contribution in [0.2, 0.25) is 0 Å². The predicted molar refractivity (Wildman–Crippen MR) is 113 cm³/mol. The highest BCUT2D eigenvalue weighted by molar-refractivity contribution is 6.05. The van der Waals surface area contributed by atoms with Crippen LogP contribution in [0.3, 0.4) is 0 Å². The van der Waals surface area contributed by atoms with E-state index in [2.05, 4.69) is 0 Å². The van der Waals surface area contributed by atoms with Crippen molar-refractivity contribution in [3.05, 3.63) is 95.7 Å². The zero-order valence-corrected chi connectivity index (χ0v) is 17.3. The lowest BCUT2D eigenvalue weighted by Gasteiger charge is -2.37. The standard InChI is InChI=1S/C24H20F4N2O2/c1-15-13-19(30(17-9-5-3-6-10-17)18-11-7-4-8-12-18)14-16(2)29(15)20-21(31)23(25,26)24(27,28)22(20)32/h3-15,31H,1-2H3. The number of rotatable bonds is 4. The lowest BCUT2D eigenvalue weighted by atomic mass is 10.0. The maximum absolute atomic E-state index is 13.9. The van der Waals surface area contributed by atoms with Crippen molar-refractivity contribution in [3.63, 3.8) is 0 Å². The van der Waals surface area contributed by atoms with Gasteiger partial charge in [0.1, 0.15) is 5.70 Å². The number of aliphatic hydroxyl groups excluding tert-OH is 1. The zero-order chi connectivity index (χ0) is 23.3. The van der Waals surface area contributed by atoms with E-state index in [1.807, 2.05) is 65.6 Å². The van der Waals surface area contributed by atoms with Gasteiger partial charge in [-0.2, -0.15) is 17.6 Å². The van der Waals surface area contributed by atoms with Crippen molar-refractivity contribution in [1.82, 2.24) is 4.90 Å². The van der Waals surface area contributed by atoms with Crippen molar-refractivity contribution in [1.29, 1.82) is 0 Å². The monoisotopic (exact) mass is 444 g/mol. The first-order valence-corrected chi connectivity index (χ1v) is 9.91. The summed E-state index contributed by atoms with van der Waals surface area (Å²) in [4.78, 5) is 15.1. The van der Waals surface area contributed by atoms with Gasteiger partial charge in [-0.25, -0.2) is 0 Å². The molecule has 1 aliphatic carbocycles. The maximum atomic E-state index is 13.9. The maximum Gasteiger partial charge on any atom is 0.380 e. The lowest BCUT2D eigenvalue weighted by molar-refractivity contribution is -0.190. The molecular formula is C24H20F4N2O2. The van der Waals surface area contributed by atoms with Gasteiger partial charge in [0.25, 0.3) is 5.78 Å². The van der Waals surface area contributed by atoms with Gasteiger partial charge in [0.05, 0.1) is 6.04 Å². The molecule has 0 spiro atoms. The number of para-hydroxylation sites is 2. The van der Waals surface area contributed by atoms with Gasteiger partial charge in [-0.3, -0.25) is 4.79 Å². The first-order valence-electron chi connectivity index (χ1n) is 9.91. The summed E-state index contributed by atoms with van der Waals surface area (Å²) in [5.41, 5.74) is 1.49. The Hall–Kier alpha value is -3.55. The molecule has 1 unspecified atom stereocenters. The molecule has 1 atom stereocenters. The number of aliphatic hydroxyl groups is 1. The first-order chi connectivity index (χ1) is 15.1. The highest BCUT2D eigenvalue weighted by Crippen LogP contribution is 2.50. The van der Waals surface area contributed by atoms with E-state index >= 15 is 0 Å². The Morgan fingerprint density at radius 2 is 1.41 bits per heavy atom. The number of hydrogen-bond donors (Lipinski definition) is 1. The number of nitrogens with zero attached hydrogens (tertiary/aromatic N) is 2. The zero-order valence-electron chi connectivity index (χ0n) is 17.3. The van der Waals surface area contributed by atoms with E-state index in [9.17, 15) is 27.5 Å². The van der Waals surface area contributed by atoms with Crippen LogP contribution in [-0.4, -0.2) is 33.7 Å². The van der Waals surface area contributed by atoms with Crippen molar-refractivity contribution in [2.24, 2.45) is 0 Å². The first kappa shape index (κ1) is 21.7. The molecule has 2 aromatic carbocycles. The van der Waals surface area contributed by atoms with Crippen LogP contribution in [0.15, 0.2) is 95.7 Å². The van der Waals surface area contributed by atoms with E-state index in [0.717, 1.165) is 16.3 Å². The van der Waals surface area contributed by atoms with Gasteiger partial charge >= 0.3 is 11.8 Å². The summed E-state index contributed by atoms with van der Waals surface area (Å²) < 4.78 is 55.7. The van der Waals surface area contributed by atoms with Crippen molar-refractivity contribution in [2.75, 3.05) is 4.90 Å². The number of hydrogen-bond acceptors (Lipinski definition) is 4. The van der Waals surface area contributed by atoms with E-state index in [4.69, 9.17) is 0 Å². The largest absolute Gasteiger partial charge is 0.505 e. The molecule has 32 heavy (non-hydrogen) atoms. The SMILES string of the molecule is CC1=CC(N(c2ccccc2)c2ccccc2)=CC(C)N1C1=C(O)C(F)(F)C(F)(F)C1=O. The van der Waals surface area contributed by atoms with E-state index in [-0.39, 0.29) is 5.70 Å². The Labute approximate surface area is 182 Å². The van der Waals surface area contributed by atoms with Gasteiger partial charge in [-0.05, 0) is 50.3 Å². The molecule has 0 fully saturated rings. The molecule has 1 aliphatic heterocycles. The molecule has 2 aromatic rings. The van der Waals surface area contributed by atoms with E-state index in [1.54, 1.807) is 19.1 Å².